The van der Waals surface area contributed by atoms with Crippen molar-refractivity contribution in [2.75, 3.05) is 0 Å². The lowest BCUT2D eigenvalue weighted by Gasteiger charge is -2.11. The van der Waals surface area contributed by atoms with E-state index in [1.807, 2.05) is 29.6 Å². The summed E-state index contributed by atoms with van der Waals surface area (Å²) in [6, 6.07) is 14.3. The first-order valence-corrected chi connectivity index (χ1v) is 6.40. The van der Waals surface area contributed by atoms with Crippen molar-refractivity contribution >= 4 is 11.3 Å². The van der Waals surface area contributed by atoms with Crippen LogP contribution in [0.5, 0.6) is 0 Å². The Hall–Kier alpha value is -1.63. The van der Waals surface area contributed by atoms with Crippen LogP contribution in [-0.4, -0.2) is 0 Å². The molecule has 2 nitrogen and oxygen atoms in total. The molecule has 2 rings (SSSR count). The van der Waals surface area contributed by atoms with E-state index in [2.05, 4.69) is 30.4 Å². The zero-order chi connectivity index (χ0) is 12.1. The number of hydrogen-bond donors (Lipinski definition) is 1. The highest BCUT2D eigenvalue weighted by molar-refractivity contribution is 7.10. The molecule has 1 heterocycles. The summed E-state index contributed by atoms with van der Waals surface area (Å²) in [6.07, 6.45) is 0. The zero-order valence-electron chi connectivity index (χ0n) is 9.68. The molecule has 0 amide bonds. The highest BCUT2D eigenvalue weighted by Crippen LogP contribution is 2.19. The first-order valence-electron chi connectivity index (χ1n) is 5.52. The van der Waals surface area contributed by atoms with E-state index in [1.54, 1.807) is 11.3 Å². The fourth-order valence-electron chi connectivity index (χ4n) is 1.69. The largest absolute Gasteiger partial charge is 0.293 e. The van der Waals surface area contributed by atoms with Crippen molar-refractivity contribution in [3.63, 3.8) is 0 Å². The third-order valence-corrected chi connectivity index (χ3v) is 3.65. The number of rotatable bonds is 4. The van der Waals surface area contributed by atoms with Crippen molar-refractivity contribution in [1.82, 2.24) is 5.32 Å². The molecule has 1 N–H and O–H groups in total. The average Bonchev–Trinajstić information content (AvgIpc) is 2.86. The summed E-state index contributed by atoms with van der Waals surface area (Å²) in [7, 11) is 0. The van der Waals surface area contributed by atoms with E-state index in [1.165, 1.54) is 11.1 Å². The standard InChI is InChI=1S/C14H14N2S/c1-11-5-2-3-6-12(11)10-16-13(9-15)14-7-4-8-17-14/h2-8,13,16H,10H2,1H3. The van der Waals surface area contributed by atoms with Crippen molar-refractivity contribution in [3.8, 4) is 6.07 Å². The van der Waals surface area contributed by atoms with E-state index in [0.717, 1.165) is 11.4 Å². The van der Waals surface area contributed by atoms with Gasteiger partial charge >= 0.3 is 0 Å². The molecule has 0 aliphatic carbocycles. The highest BCUT2D eigenvalue weighted by atomic mass is 32.1. The van der Waals surface area contributed by atoms with Gasteiger partial charge in [0.1, 0.15) is 6.04 Å². The van der Waals surface area contributed by atoms with E-state index in [0.29, 0.717) is 0 Å². The summed E-state index contributed by atoms with van der Waals surface area (Å²) in [6.45, 7) is 2.81. The first kappa shape index (κ1) is 11.8. The predicted octanol–water partition coefficient (Wildman–Crippen LogP) is 3.41. The Labute approximate surface area is 106 Å². The molecule has 0 bridgehead atoms. The molecule has 17 heavy (non-hydrogen) atoms. The van der Waals surface area contributed by atoms with Gasteiger partial charge in [-0.2, -0.15) is 5.26 Å². The van der Waals surface area contributed by atoms with Crippen LogP contribution in [0.1, 0.15) is 22.0 Å². The maximum atomic E-state index is 9.14. The van der Waals surface area contributed by atoms with Crippen LogP contribution in [0.15, 0.2) is 41.8 Å². The summed E-state index contributed by atoms with van der Waals surface area (Å²) >= 11 is 1.61. The van der Waals surface area contributed by atoms with Crippen LogP contribution in [0.25, 0.3) is 0 Å². The van der Waals surface area contributed by atoms with Crippen molar-refractivity contribution in [2.45, 2.75) is 19.5 Å². The van der Waals surface area contributed by atoms with Crippen LogP contribution >= 0.6 is 11.3 Å². The molecule has 1 unspecified atom stereocenters. The van der Waals surface area contributed by atoms with Crippen molar-refractivity contribution < 1.29 is 0 Å². The molecule has 0 fully saturated rings. The zero-order valence-corrected chi connectivity index (χ0v) is 10.5. The second-order valence-corrected chi connectivity index (χ2v) is 4.86. The third-order valence-electron chi connectivity index (χ3n) is 2.71. The second-order valence-electron chi connectivity index (χ2n) is 3.88. The van der Waals surface area contributed by atoms with E-state index in [9.17, 15) is 0 Å². The first-order chi connectivity index (χ1) is 8.31. The lowest BCUT2D eigenvalue weighted by Crippen LogP contribution is -2.19. The number of aryl methyl sites for hydroxylation is 1. The van der Waals surface area contributed by atoms with Gasteiger partial charge in [0.2, 0.25) is 0 Å². The lowest BCUT2D eigenvalue weighted by molar-refractivity contribution is 0.636. The molecular formula is C14H14N2S. The van der Waals surface area contributed by atoms with Crippen LogP contribution in [-0.2, 0) is 6.54 Å². The van der Waals surface area contributed by atoms with Crippen LogP contribution in [0.4, 0.5) is 0 Å². The number of nitrogens with one attached hydrogen (secondary N) is 1. The lowest BCUT2D eigenvalue weighted by atomic mass is 10.1. The van der Waals surface area contributed by atoms with E-state index in [4.69, 9.17) is 5.26 Å². The van der Waals surface area contributed by atoms with Gasteiger partial charge in [-0.25, -0.2) is 0 Å². The van der Waals surface area contributed by atoms with Gasteiger partial charge in [0.15, 0.2) is 0 Å². The van der Waals surface area contributed by atoms with Crippen LogP contribution in [0.3, 0.4) is 0 Å². The van der Waals surface area contributed by atoms with Gasteiger partial charge in [-0.15, -0.1) is 11.3 Å². The Kier molecular flexibility index (Phi) is 3.92. The Morgan fingerprint density at radius 2 is 2.12 bits per heavy atom. The molecule has 2 aromatic rings. The van der Waals surface area contributed by atoms with Gasteiger partial charge in [-0.1, -0.05) is 30.3 Å². The van der Waals surface area contributed by atoms with Crippen LogP contribution in [0, 0.1) is 18.3 Å². The van der Waals surface area contributed by atoms with E-state index < -0.39 is 0 Å². The Morgan fingerprint density at radius 1 is 1.29 bits per heavy atom. The van der Waals surface area contributed by atoms with Gasteiger partial charge < -0.3 is 0 Å². The second kappa shape index (κ2) is 5.62. The minimum Gasteiger partial charge on any atom is -0.293 e. The predicted molar refractivity (Wildman–Crippen MR) is 70.7 cm³/mol. The third kappa shape index (κ3) is 2.94. The number of nitriles is 1. The van der Waals surface area contributed by atoms with Crippen LogP contribution < -0.4 is 5.32 Å². The van der Waals surface area contributed by atoms with Crippen molar-refractivity contribution in [1.29, 1.82) is 5.26 Å². The fraction of sp³-hybridized carbons (Fsp3) is 0.214. The Morgan fingerprint density at radius 3 is 2.76 bits per heavy atom. The maximum Gasteiger partial charge on any atom is 0.130 e. The smallest absolute Gasteiger partial charge is 0.130 e. The number of hydrogen-bond acceptors (Lipinski definition) is 3. The molecule has 3 heteroatoms. The highest BCUT2D eigenvalue weighted by Gasteiger charge is 2.10. The molecular weight excluding hydrogens is 228 g/mol. The molecule has 0 aliphatic rings. The normalized spacial score (nSPS) is 12.0. The number of nitrogens with zero attached hydrogens (tertiary/aromatic N) is 1. The van der Waals surface area contributed by atoms with Gasteiger partial charge in [-0.3, -0.25) is 5.32 Å². The molecule has 0 saturated heterocycles. The molecule has 0 aliphatic heterocycles. The molecule has 1 aromatic heterocycles. The number of benzene rings is 1. The molecule has 0 saturated carbocycles. The van der Waals surface area contributed by atoms with Gasteiger partial charge in [0, 0.05) is 11.4 Å². The number of thiophene rings is 1. The minimum atomic E-state index is -0.213. The summed E-state index contributed by atoms with van der Waals surface area (Å²) in [5, 5.41) is 14.4. The van der Waals surface area contributed by atoms with Crippen molar-refractivity contribution in [3.05, 3.63) is 57.8 Å². The molecule has 0 radical (unpaired) electrons. The van der Waals surface area contributed by atoms with Gasteiger partial charge in [0.25, 0.3) is 0 Å². The summed E-state index contributed by atoms with van der Waals surface area (Å²) in [4.78, 5) is 1.07. The fourth-order valence-corrected chi connectivity index (χ4v) is 2.43. The van der Waals surface area contributed by atoms with Crippen LogP contribution in [0.2, 0.25) is 0 Å². The van der Waals surface area contributed by atoms with E-state index in [-0.39, 0.29) is 6.04 Å². The summed E-state index contributed by atoms with van der Waals surface area (Å²) < 4.78 is 0. The van der Waals surface area contributed by atoms with E-state index >= 15 is 0 Å². The summed E-state index contributed by atoms with van der Waals surface area (Å²) in [5.41, 5.74) is 2.49. The van der Waals surface area contributed by atoms with Gasteiger partial charge in [-0.05, 0) is 29.5 Å². The van der Waals surface area contributed by atoms with Crippen molar-refractivity contribution in [2.24, 2.45) is 0 Å². The maximum absolute atomic E-state index is 9.14. The van der Waals surface area contributed by atoms with Gasteiger partial charge in [0.05, 0.1) is 6.07 Å². The quantitative estimate of drug-likeness (QED) is 0.891. The Bertz CT molecular complexity index is 511. The minimum absolute atomic E-state index is 0.213. The molecule has 1 aromatic carbocycles. The average molecular weight is 242 g/mol. The monoisotopic (exact) mass is 242 g/mol. The SMILES string of the molecule is Cc1ccccc1CNC(C#N)c1cccs1. The topological polar surface area (TPSA) is 35.8 Å². The molecule has 0 spiro atoms. The molecule has 86 valence electrons. The Balaban J connectivity index is 2.03. The molecule has 1 atom stereocenters. The summed E-state index contributed by atoms with van der Waals surface area (Å²) in [5.74, 6) is 0.